The first-order valence-electron chi connectivity index (χ1n) is 5.30. The second kappa shape index (κ2) is 5.32. The minimum absolute atomic E-state index is 0.0187. The number of hydrogen-bond acceptors (Lipinski definition) is 3. The minimum atomic E-state index is -3.83. The lowest BCUT2D eigenvalue weighted by molar-refractivity contribution is 0.584. The van der Waals surface area contributed by atoms with E-state index in [1.165, 1.54) is 24.5 Å². The Bertz CT molecular complexity index is 726. The van der Waals surface area contributed by atoms with Gasteiger partial charge in [0.2, 0.25) is 0 Å². The van der Waals surface area contributed by atoms with Gasteiger partial charge >= 0.3 is 0 Å². The van der Waals surface area contributed by atoms with E-state index in [2.05, 4.69) is 4.98 Å². The number of nitrogens with zero attached hydrogens (tertiary/aromatic N) is 2. The SMILES string of the molecule is CCc1nccn1S(=O)(=O)c1cc(Cl)c(Cl)cc1Cl. The van der Waals surface area contributed by atoms with E-state index in [-0.39, 0.29) is 20.0 Å². The molecule has 1 aromatic carbocycles. The van der Waals surface area contributed by atoms with Gasteiger partial charge in [-0.2, -0.15) is 0 Å². The van der Waals surface area contributed by atoms with Crippen molar-refractivity contribution in [3.8, 4) is 0 Å². The van der Waals surface area contributed by atoms with Crippen LogP contribution < -0.4 is 0 Å². The number of aryl methyl sites for hydroxylation is 1. The van der Waals surface area contributed by atoms with Gasteiger partial charge in [0.05, 0.1) is 15.1 Å². The molecule has 0 spiro atoms. The molecule has 0 atom stereocenters. The van der Waals surface area contributed by atoms with Gasteiger partial charge in [-0.05, 0) is 12.1 Å². The van der Waals surface area contributed by atoms with Gasteiger partial charge in [0.25, 0.3) is 10.0 Å². The second-order valence-corrected chi connectivity index (χ2v) is 6.70. The third kappa shape index (κ3) is 2.60. The zero-order valence-electron chi connectivity index (χ0n) is 9.77. The number of benzene rings is 1. The third-order valence-electron chi connectivity index (χ3n) is 2.51. The van der Waals surface area contributed by atoms with Crippen LogP contribution in [0.3, 0.4) is 0 Å². The van der Waals surface area contributed by atoms with E-state index in [9.17, 15) is 8.42 Å². The van der Waals surface area contributed by atoms with Crippen molar-refractivity contribution in [3.63, 3.8) is 0 Å². The Labute approximate surface area is 126 Å². The van der Waals surface area contributed by atoms with Crippen molar-refractivity contribution in [3.05, 3.63) is 45.4 Å². The summed E-state index contributed by atoms with van der Waals surface area (Å²) in [5.74, 6) is 0.419. The molecule has 102 valence electrons. The molecule has 1 aromatic heterocycles. The lowest BCUT2D eigenvalue weighted by Gasteiger charge is -2.10. The summed E-state index contributed by atoms with van der Waals surface area (Å²) in [5, 5.41) is 0.347. The van der Waals surface area contributed by atoms with Gasteiger partial charge in [-0.25, -0.2) is 17.4 Å². The van der Waals surface area contributed by atoms with E-state index in [1.54, 1.807) is 0 Å². The average Bonchev–Trinajstić information content (AvgIpc) is 2.82. The number of aromatic nitrogens is 2. The van der Waals surface area contributed by atoms with Crippen molar-refractivity contribution in [2.75, 3.05) is 0 Å². The van der Waals surface area contributed by atoms with Gasteiger partial charge < -0.3 is 0 Å². The number of rotatable bonds is 3. The lowest BCUT2D eigenvalue weighted by Crippen LogP contribution is -2.15. The molecule has 4 nitrogen and oxygen atoms in total. The van der Waals surface area contributed by atoms with Crippen LogP contribution in [-0.2, 0) is 16.4 Å². The van der Waals surface area contributed by atoms with Crippen molar-refractivity contribution in [2.24, 2.45) is 0 Å². The van der Waals surface area contributed by atoms with Gasteiger partial charge in [0.15, 0.2) is 0 Å². The van der Waals surface area contributed by atoms with Crippen LogP contribution in [0, 0.1) is 0 Å². The number of hydrogen-bond donors (Lipinski definition) is 0. The molecule has 0 fully saturated rings. The maximum Gasteiger partial charge on any atom is 0.270 e. The maximum atomic E-state index is 12.5. The summed E-state index contributed by atoms with van der Waals surface area (Å²) in [6.45, 7) is 1.81. The minimum Gasteiger partial charge on any atom is -0.241 e. The zero-order chi connectivity index (χ0) is 14.2. The summed E-state index contributed by atoms with van der Waals surface area (Å²) in [6, 6.07) is 2.54. The van der Waals surface area contributed by atoms with E-state index in [0.717, 1.165) is 3.97 Å². The molecule has 1 heterocycles. The number of imidazole rings is 1. The van der Waals surface area contributed by atoms with Crippen LogP contribution in [0.5, 0.6) is 0 Å². The highest BCUT2D eigenvalue weighted by Gasteiger charge is 2.23. The molecule has 0 radical (unpaired) electrons. The average molecular weight is 340 g/mol. The summed E-state index contributed by atoms with van der Waals surface area (Å²) in [5.41, 5.74) is 0. The first kappa shape index (κ1) is 14.7. The van der Waals surface area contributed by atoms with Gasteiger partial charge in [0, 0.05) is 18.8 Å². The topological polar surface area (TPSA) is 52.0 Å². The molecule has 0 aliphatic carbocycles. The van der Waals surface area contributed by atoms with Gasteiger partial charge in [-0.3, -0.25) is 0 Å². The summed E-state index contributed by atoms with van der Waals surface area (Å²) in [7, 11) is -3.83. The fourth-order valence-corrected chi connectivity index (χ4v) is 3.95. The molecule has 0 aliphatic heterocycles. The maximum absolute atomic E-state index is 12.5. The van der Waals surface area contributed by atoms with Crippen LogP contribution in [0.2, 0.25) is 15.1 Å². The normalized spacial score (nSPS) is 11.8. The largest absolute Gasteiger partial charge is 0.270 e. The highest BCUT2D eigenvalue weighted by atomic mass is 35.5. The molecule has 0 amide bonds. The first-order valence-corrected chi connectivity index (χ1v) is 7.87. The van der Waals surface area contributed by atoms with Crippen LogP contribution in [0.15, 0.2) is 29.4 Å². The van der Waals surface area contributed by atoms with Gasteiger partial charge in [-0.15, -0.1) is 0 Å². The van der Waals surface area contributed by atoms with E-state index in [1.807, 2.05) is 6.92 Å². The molecular weight excluding hydrogens is 331 g/mol. The quantitative estimate of drug-likeness (QED) is 0.802. The van der Waals surface area contributed by atoms with Crippen LogP contribution in [0.4, 0.5) is 0 Å². The molecule has 2 rings (SSSR count). The third-order valence-corrected chi connectivity index (χ3v) is 5.40. The van der Waals surface area contributed by atoms with E-state index >= 15 is 0 Å². The molecule has 2 aromatic rings. The monoisotopic (exact) mass is 338 g/mol. The van der Waals surface area contributed by atoms with Crippen molar-refractivity contribution in [1.82, 2.24) is 8.96 Å². The fraction of sp³-hybridized carbons (Fsp3) is 0.182. The molecule has 0 aliphatic rings. The highest BCUT2D eigenvalue weighted by molar-refractivity contribution is 7.90. The van der Waals surface area contributed by atoms with Crippen molar-refractivity contribution >= 4 is 44.8 Å². The first-order chi connectivity index (χ1) is 8.87. The Morgan fingerprint density at radius 2 is 1.79 bits per heavy atom. The van der Waals surface area contributed by atoms with Crippen LogP contribution in [0.25, 0.3) is 0 Å². The zero-order valence-corrected chi connectivity index (χ0v) is 12.9. The van der Waals surface area contributed by atoms with Gasteiger partial charge in [0.1, 0.15) is 10.7 Å². The van der Waals surface area contributed by atoms with Crippen molar-refractivity contribution in [1.29, 1.82) is 0 Å². The molecule has 8 heteroatoms. The summed E-state index contributed by atoms with van der Waals surface area (Å²) in [4.78, 5) is 3.88. The summed E-state index contributed by atoms with van der Waals surface area (Å²) >= 11 is 17.6. The van der Waals surface area contributed by atoms with Crippen molar-refractivity contribution < 1.29 is 8.42 Å². The molecule has 0 unspecified atom stereocenters. The Hall–Kier alpha value is -0.750. The van der Waals surface area contributed by atoms with Crippen LogP contribution >= 0.6 is 34.8 Å². The molecule has 0 saturated carbocycles. The Balaban J connectivity index is 2.67. The van der Waals surface area contributed by atoms with Crippen LogP contribution in [-0.4, -0.2) is 17.4 Å². The van der Waals surface area contributed by atoms with E-state index < -0.39 is 10.0 Å². The van der Waals surface area contributed by atoms with Gasteiger partial charge in [-0.1, -0.05) is 41.7 Å². The molecule has 0 bridgehead atoms. The highest BCUT2D eigenvalue weighted by Crippen LogP contribution is 2.32. The number of halogens is 3. The summed E-state index contributed by atoms with van der Waals surface area (Å²) in [6.07, 6.45) is 3.26. The second-order valence-electron chi connectivity index (χ2n) is 3.69. The van der Waals surface area contributed by atoms with E-state index in [0.29, 0.717) is 12.2 Å². The Morgan fingerprint density at radius 1 is 1.16 bits per heavy atom. The van der Waals surface area contributed by atoms with Crippen LogP contribution in [0.1, 0.15) is 12.7 Å². The molecular formula is C11H9Cl3N2O2S. The molecule has 0 N–H and O–H groups in total. The van der Waals surface area contributed by atoms with E-state index in [4.69, 9.17) is 34.8 Å². The molecule has 0 saturated heterocycles. The Kier molecular flexibility index (Phi) is 4.11. The predicted octanol–water partition coefficient (Wildman–Crippen LogP) is 3.64. The fourth-order valence-electron chi connectivity index (χ4n) is 1.60. The lowest BCUT2D eigenvalue weighted by atomic mass is 10.4. The summed E-state index contributed by atoms with van der Waals surface area (Å²) < 4.78 is 26.1. The predicted molar refractivity (Wildman–Crippen MR) is 75.7 cm³/mol. The van der Waals surface area contributed by atoms with Crippen molar-refractivity contribution in [2.45, 2.75) is 18.2 Å². The standard InChI is InChI=1S/C11H9Cl3N2O2S/c1-2-11-15-3-4-16(11)19(17,18)10-6-8(13)7(12)5-9(10)14/h3-6H,2H2,1H3. The smallest absolute Gasteiger partial charge is 0.241 e. The molecule has 19 heavy (non-hydrogen) atoms. The Morgan fingerprint density at radius 3 is 2.42 bits per heavy atom.